The maximum absolute atomic E-state index is 12.1. The number of nitro groups is 1. The van der Waals surface area contributed by atoms with E-state index in [2.05, 4.69) is 15.4 Å². The van der Waals surface area contributed by atoms with E-state index < -0.39 is 34.5 Å². The van der Waals surface area contributed by atoms with E-state index in [4.69, 9.17) is 14.0 Å². The molecule has 2 aliphatic rings. The summed E-state index contributed by atoms with van der Waals surface area (Å²) in [6.45, 7) is 3.43. The minimum atomic E-state index is -1.99. The van der Waals surface area contributed by atoms with Crippen molar-refractivity contribution in [3.05, 3.63) is 33.2 Å². The standard InChI is InChI=1S/C14H14N4O7/c1-3-23-12(19)10-8-9-7(11(25-16-9)13(20)24-4-2)5-6-14(8,17-15-10)18(21)22/h5-6,8,10H,3-4H2,1-2H3. The second kappa shape index (κ2) is 6.07. The average Bonchev–Trinajstić information content (AvgIpc) is 3.17. The van der Waals surface area contributed by atoms with Gasteiger partial charge in [0.2, 0.25) is 0 Å². The highest BCUT2D eigenvalue weighted by atomic mass is 16.6. The van der Waals surface area contributed by atoms with Gasteiger partial charge in [-0.05, 0) is 19.9 Å². The third kappa shape index (κ3) is 2.39. The number of azo groups is 1. The Morgan fingerprint density at radius 3 is 2.72 bits per heavy atom. The number of ether oxygens (including phenoxy) is 2. The molecule has 2 heterocycles. The first-order chi connectivity index (χ1) is 12.0. The third-order valence-corrected chi connectivity index (χ3v) is 3.94. The van der Waals surface area contributed by atoms with Crippen LogP contribution in [-0.4, -0.2) is 46.9 Å². The van der Waals surface area contributed by atoms with Crippen LogP contribution in [0, 0.1) is 10.1 Å². The number of nitrogens with zero attached hydrogens (tertiary/aromatic N) is 4. The van der Waals surface area contributed by atoms with Crippen LogP contribution in [0.3, 0.4) is 0 Å². The lowest BCUT2D eigenvalue weighted by molar-refractivity contribution is -0.556. The van der Waals surface area contributed by atoms with Crippen molar-refractivity contribution in [1.82, 2.24) is 5.16 Å². The molecule has 132 valence electrons. The summed E-state index contributed by atoms with van der Waals surface area (Å²) < 4.78 is 14.8. The Bertz CT molecular complexity index is 799. The molecule has 0 spiro atoms. The molecular formula is C14H14N4O7. The summed E-state index contributed by atoms with van der Waals surface area (Å²) in [7, 11) is 0. The molecule has 11 heteroatoms. The lowest BCUT2D eigenvalue weighted by Gasteiger charge is -2.24. The number of rotatable bonds is 5. The fourth-order valence-corrected chi connectivity index (χ4v) is 2.87. The van der Waals surface area contributed by atoms with Gasteiger partial charge in [0.1, 0.15) is 11.6 Å². The van der Waals surface area contributed by atoms with Gasteiger partial charge < -0.3 is 14.0 Å². The first-order valence-electron chi connectivity index (χ1n) is 7.55. The van der Waals surface area contributed by atoms with Crippen molar-refractivity contribution in [3.8, 4) is 0 Å². The van der Waals surface area contributed by atoms with E-state index in [0.717, 1.165) is 0 Å². The van der Waals surface area contributed by atoms with Crippen molar-refractivity contribution in [2.45, 2.75) is 31.5 Å². The van der Waals surface area contributed by atoms with E-state index in [0.29, 0.717) is 0 Å². The Morgan fingerprint density at radius 1 is 1.36 bits per heavy atom. The van der Waals surface area contributed by atoms with Crippen molar-refractivity contribution >= 4 is 18.0 Å². The number of esters is 2. The molecule has 0 aromatic carbocycles. The first-order valence-corrected chi connectivity index (χ1v) is 7.55. The average molecular weight is 350 g/mol. The lowest BCUT2D eigenvalue weighted by Crippen LogP contribution is -2.45. The van der Waals surface area contributed by atoms with Crippen LogP contribution < -0.4 is 0 Å². The third-order valence-electron chi connectivity index (χ3n) is 3.94. The molecule has 1 aromatic heterocycles. The first kappa shape index (κ1) is 16.7. The molecule has 3 atom stereocenters. The number of fused-ring (bicyclic) bond motifs is 3. The number of aromatic nitrogens is 1. The van der Waals surface area contributed by atoms with Crippen molar-refractivity contribution in [1.29, 1.82) is 0 Å². The molecule has 25 heavy (non-hydrogen) atoms. The van der Waals surface area contributed by atoms with E-state index in [-0.39, 0.29) is 30.2 Å². The largest absolute Gasteiger partial charge is 0.464 e. The molecule has 0 N–H and O–H groups in total. The maximum atomic E-state index is 12.1. The molecule has 0 bridgehead atoms. The molecular weight excluding hydrogens is 336 g/mol. The molecule has 0 radical (unpaired) electrons. The van der Waals surface area contributed by atoms with Gasteiger partial charge in [0.25, 0.3) is 5.76 Å². The van der Waals surface area contributed by atoms with Crippen molar-refractivity contribution < 1.29 is 28.5 Å². The summed E-state index contributed by atoms with van der Waals surface area (Å²) in [5.41, 5.74) is -1.74. The fraction of sp³-hybridized carbons (Fsp3) is 0.500. The van der Waals surface area contributed by atoms with Gasteiger partial charge in [0.15, 0.2) is 6.04 Å². The van der Waals surface area contributed by atoms with Gasteiger partial charge in [-0.2, -0.15) is 5.11 Å². The molecule has 0 saturated heterocycles. The highest BCUT2D eigenvalue weighted by molar-refractivity contribution is 5.92. The van der Waals surface area contributed by atoms with E-state index in [1.807, 2.05) is 0 Å². The zero-order chi connectivity index (χ0) is 18.2. The summed E-state index contributed by atoms with van der Waals surface area (Å²) in [5, 5.41) is 22.8. The summed E-state index contributed by atoms with van der Waals surface area (Å²) in [4.78, 5) is 35.1. The number of hydrogen-bond acceptors (Lipinski definition) is 10. The molecule has 11 nitrogen and oxygen atoms in total. The Kier molecular flexibility index (Phi) is 4.07. The smallest absolute Gasteiger partial charge is 0.377 e. The van der Waals surface area contributed by atoms with Gasteiger partial charge in [0, 0.05) is 6.08 Å². The topological polar surface area (TPSA) is 146 Å². The fourth-order valence-electron chi connectivity index (χ4n) is 2.87. The Morgan fingerprint density at radius 2 is 2.08 bits per heavy atom. The van der Waals surface area contributed by atoms with Gasteiger partial charge >= 0.3 is 17.6 Å². The maximum Gasteiger partial charge on any atom is 0.377 e. The molecule has 1 aromatic rings. The predicted octanol–water partition coefficient (Wildman–Crippen LogP) is 1.33. The van der Waals surface area contributed by atoms with Gasteiger partial charge in [-0.25, -0.2) is 9.59 Å². The lowest BCUT2D eigenvalue weighted by atomic mass is 9.79. The van der Waals surface area contributed by atoms with E-state index >= 15 is 0 Å². The number of carbonyl (C=O) groups is 2. The molecule has 1 aliphatic carbocycles. The summed E-state index contributed by atoms with van der Waals surface area (Å²) in [6, 6.07) is -1.26. The molecule has 0 fully saturated rings. The van der Waals surface area contributed by atoms with Crippen molar-refractivity contribution in [2.24, 2.45) is 10.2 Å². The van der Waals surface area contributed by atoms with Crippen LogP contribution in [0.25, 0.3) is 6.08 Å². The van der Waals surface area contributed by atoms with Gasteiger partial charge in [0.05, 0.1) is 23.7 Å². The predicted molar refractivity (Wildman–Crippen MR) is 79.2 cm³/mol. The second-order valence-corrected chi connectivity index (χ2v) is 5.29. The highest BCUT2D eigenvalue weighted by Gasteiger charge is 2.63. The van der Waals surface area contributed by atoms with Crippen LogP contribution in [0.4, 0.5) is 0 Å². The van der Waals surface area contributed by atoms with E-state index in [9.17, 15) is 19.7 Å². The van der Waals surface area contributed by atoms with Crippen molar-refractivity contribution in [2.75, 3.05) is 13.2 Å². The van der Waals surface area contributed by atoms with E-state index in [1.54, 1.807) is 13.8 Å². The summed E-state index contributed by atoms with van der Waals surface area (Å²) in [6.07, 6.45) is 2.48. The molecule has 0 amide bonds. The van der Waals surface area contributed by atoms with Crippen LogP contribution in [0.1, 0.15) is 41.6 Å². The molecule has 1 aliphatic heterocycles. The monoisotopic (exact) mass is 350 g/mol. The second-order valence-electron chi connectivity index (χ2n) is 5.29. The zero-order valence-electron chi connectivity index (χ0n) is 13.4. The molecule has 0 saturated carbocycles. The summed E-state index contributed by atoms with van der Waals surface area (Å²) >= 11 is 0. The minimum absolute atomic E-state index is 0.0466. The van der Waals surface area contributed by atoms with Crippen molar-refractivity contribution in [3.63, 3.8) is 0 Å². The Balaban J connectivity index is 2.08. The van der Waals surface area contributed by atoms with Gasteiger partial charge in [-0.1, -0.05) is 5.16 Å². The number of carbonyl (C=O) groups excluding carboxylic acids is 2. The number of hydrogen-bond donors (Lipinski definition) is 0. The van der Waals surface area contributed by atoms with Crippen LogP contribution in [0.5, 0.6) is 0 Å². The highest BCUT2D eigenvalue weighted by Crippen LogP contribution is 2.48. The van der Waals surface area contributed by atoms with Crippen LogP contribution in [-0.2, 0) is 14.3 Å². The van der Waals surface area contributed by atoms with Gasteiger partial charge in [-0.15, -0.1) is 5.11 Å². The SMILES string of the molecule is CCOC(=O)c1onc2c1C=CC1([N+](=O)[O-])N=NC(C(=O)OCC)C21. The van der Waals surface area contributed by atoms with Crippen LogP contribution >= 0.6 is 0 Å². The summed E-state index contributed by atoms with van der Waals surface area (Å²) in [5.74, 6) is -2.89. The molecule has 3 unspecified atom stereocenters. The Labute approximate surface area is 140 Å². The minimum Gasteiger partial charge on any atom is -0.464 e. The Hall–Kier alpha value is -3.11. The van der Waals surface area contributed by atoms with Gasteiger partial charge in [-0.3, -0.25) is 10.1 Å². The molecule has 3 rings (SSSR count). The quantitative estimate of drug-likeness (QED) is 0.439. The normalized spacial score (nSPS) is 26.0. The van der Waals surface area contributed by atoms with E-state index in [1.165, 1.54) is 12.2 Å². The van der Waals surface area contributed by atoms with Crippen LogP contribution in [0.2, 0.25) is 0 Å². The zero-order valence-corrected chi connectivity index (χ0v) is 13.4. The van der Waals surface area contributed by atoms with Crippen LogP contribution in [0.15, 0.2) is 20.8 Å².